The molecule has 0 N–H and O–H groups in total. The van der Waals surface area contributed by atoms with E-state index in [1.807, 2.05) is 0 Å². The molecule has 2 aliphatic rings. The lowest BCUT2D eigenvalue weighted by Crippen LogP contribution is -2.41. The fourth-order valence-electron chi connectivity index (χ4n) is 4.23. The molecule has 6 nitrogen and oxygen atoms in total. The highest BCUT2D eigenvalue weighted by atomic mass is 19.3. The molecule has 1 aromatic carbocycles. The van der Waals surface area contributed by atoms with Gasteiger partial charge >= 0.3 is 5.69 Å². The fraction of sp³-hybridized carbons (Fsp3) is 0.381. The van der Waals surface area contributed by atoms with Gasteiger partial charge in [0.25, 0.3) is 6.43 Å². The number of aryl methyl sites for hydroxylation is 1. The molecule has 3 heterocycles. The second kappa shape index (κ2) is 7.51. The van der Waals surface area contributed by atoms with E-state index in [9.17, 15) is 22.4 Å². The van der Waals surface area contributed by atoms with E-state index in [0.717, 1.165) is 12.3 Å². The van der Waals surface area contributed by atoms with E-state index in [4.69, 9.17) is 4.74 Å². The van der Waals surface area contributed by atoms with Gasteiger partial charge in [-0.3, -0.25) is 4.57 Å². The summed E-state index contributed by atoms with van der Waals surface area (Å²) in [6.07, 6.45) is 0.428. The van der Waals surface area contributed by atoms with Gasteiger partial charge in [0.2, 0.25) is 5.88 Å². The Bertz CT molecular complexity index is 1150. The Morgan fingerprint density at radius 3 is 2.48 bits per heavy atom. The van der Waals surface area contributed by atoms with Crippen molar-refractivity contribution >= 4 is 0 Å². The number of benzene rings is 1. The molecule has 162 valence electrons. The SMILES string of the molecule is O=c1n2c(nn1[C@H]1C[C@H](Oc3ccc(C(F)F)cn3)C1)CC[C@H]2c1cc(F)cc(F)c1. The summed E-state index contributed by atoms with van der Waals surface area (Å²) in [5, 5.41) is 4.43. The van der Waals surface area contributed by atoms with E-state index in [1.54, 1.807) is 0 Å². The van der Waals surface area contributed by atoms with E-state index in [0.29, 0.717) is 37.1 Å². The van der Waals surface area contributed by atoms with Crippen LogP contribution in [0.3, 0.4) is 0 Å². The minimum atomic E-state index is -2.59. The highest BCUT2D eigenvalue weighted by Gasteiger charge is 2.38. The Morgan fingerprint density at radius 2 is 1.84 bits per heavy atom. The van der Waals surface area contributed by atoms with Crippen LogP contribution in [0.15, 0.2) is 41.3 Å². The third kappa shape index (κ3) is 3.60. The summed E-state index contributed by atoms with van der Waals surface area (Å²) in [7, 11) is 0. The Morgan fingerprint density at radius 1 is 1.10 bits per heavy atom. The summed E-state index contributed by atoms with van der Waals surface area (Å²) in [5.41, 5.74) is -0.0817. The van der Waals surface area contributed by atoms with Crippen molar-refractivity contribution < 1.29 is 22.3 Å². The van der Waals surface area contributed by atoms with Crippen molar-refractivity contribution in [1.82, 2.24) is 19.3 Å². The van der Waals surface area contributed by atoms with Crippen LogP contribution in [0.4, 0.5) is 17.6 Å². The summed E-state index contributed by atoms with van der Waals surface area (Å²) in [5.74, 6) is -0.523. The summed E-state index contributed by atoms with van der Waals surface area (Å²) >= 11 is 0. The van der Waals surface area contributed by atoms with E-state index in [-0.39, 0.29) is 29.3 Å². The second-order valence-corrected chi connectivity index (χ2v) is 7.87. The molecule has 31 heavy (non-hydrogen) atoms. The number of nitrogens with zero attached hydrogens (tertiary/aromatic N) is 4. The van der Waals surface area contributed by atoms with E-state index >= 15 is 0 Å². The number of fused-ring (bicyclic) bond motifs is 1. The monoisotopic (exact) mass is 434 g/mol. The number of halogens is 4. The standard InChI is InChI=1S/C21H18F4N4O2/c22-13-5-12(6-14(23)7-13)17-2-3-18-27-29(21(30)28(17)18)15-8-16(9-15)31-19-4-1-11(10-26-19)20(24)25/h1,4-7,10,15-17,20H,2-3,8-9H2/t15-,16-,17-/m0/s1. The Balaban J connectivity index is 1.29. The third-order valence-corrected chi connectivity index (χ3v) is 5.84. The van der Waals surface area contributed by atoms with E-state index in [1.165, 1.54) is 33.5 Å². The molecule has 0 radical (unpaired) electrons. The molecule has 2 aromatic heterocycles. The van der Waals surface area contributed by atoms with Crippen LogP contribution in [0, 0.1) is 11.6 Å². The van der Waals surface area contributed by atoms with E-state index in [2.05, 4.69) is 10.1 Å². The highest BCUT2D eigenvalue weighted by molar-refractivity contribution is 5.25. The van der Waals surface area contributed by atoms with Crippen molar-refractivity contribution in [2.75, 3.05) is 0 Å². The topological polar surface area (TPSA) is 61.9 Å². The van der Waals surface area contributed by atoms with Crippen LogP contribution >= 0.6 is 0 Å². The van der Waals surface area contributed by atoms with Crippen molar-refractivity contribution in [2.45, 2.75) is 50.3 Å². The van der Waals surface area contributed by atoms with Crippen molar-refractivity contribution in [1.29, 1.82) is 0 Å². The van der Waals surface area contributed by atoms with Gasteiger partial charge < -0.3 is 4.74 Å². The Kier molecular flexibility index (Phi) is 4.79. The quantitative estimate of drug-likeness (QED) is 0.570. The zero-order chi connectivity index (χ0) is 21.7. The van der Waals surface area contributed by atoms with Gasteiger partial charge in [-0.2, -0.15) is 5.10 Å². The van der Waals surface area contributed by atoms with Gasteiger partial charge in [0, 0.05) is 43.2 Å². The maximum absolute atomic E-state index is 13.6. The van der Waals surface area contributed by atoms with Gasteiger partial charge in [0.1, 0.15) is 23.6 Å². The summed E-state index contributed by atoms with van der Waals surface area (Å²) in [4.78, 5) is 16.9. The minimum absolute atomic E-state index is 0.166. The molecule has 5 rings (SSSR count). The molecule has 0 bridgehead atoms. The van der Waals surface area contributed by atoms with Crippen molar-refractivity contribution in [3.8, 4) is 5.88 Å². The normalized spacial score (nSPS) is 22.4. The molecular weight excluding hydrogens is 416 g/mol. The van der Waals surface area contributed by atoms with Crippen molar-refractivity contribution in [3.05, 3.63) is 75.6 Å². The molecule has 0 spiro atoms. The zero-order valence-corrected chi connectivity index (χ0v) is 16.2. The predicted molar refractivity (Wildman–Crippen MR) is 101 cm³/mol. The second-order valence-electron chi connectivity index (χ2n) is 7.87. The number of alkyl halides is 2. The van der Waals surface area contributed by atoms with Crippen LogP contribution in [0.5, 0.6) is 5.88 Å². The fourth-order valence-corrected chi connectivity index (χ4v) is 4.23. The van der Waals surface area contributed by atoms with Crippen LogP contribution in [0.2, 0.25) is 0 Å². The van der Waals surface area contributed by atoms with Crippen LogP contribution in [-0.2, 0) is 6.42 Å². The molecule has 0 saturated heterocycles. The molecular formula is C21H18F4N4O2. The third-order valence-electron chi connectivity index (χ3n) is 5.84. The molecule has 0 unspecified atom stereocenters. The Hall–Kier alpha value is -3.17. The lowest BCUT2D eigenvalue weighted by Gasteiger charge is -2.34. The average Bonchev–Trinajstić information content (AvgIpc) is 3.24. The van der Waals surface area contributed by atoms with Gasteiger partial charge in [-0.15, -0.1) is 0 Å². The zero-order valence-electron chi connectivity index (χ0n) is 16.2. The number of hydrogen-bond acceptors (Lipinski definition) is 4. The van der Waals surface area contributed by atoms with Gasteiger partial charge in [-0.05, 0) is 30.2 Å². The lowest BCUT2D eigenvalue weighted by atomic mass is 9.89. The van der Waals surface area contributed by atoms with E-state index < -0.39 is 24.1 Å². The van der Waals surface area contributed by atoms with Crippen molar-refractivity contribution in [3.63, 3.8) is 0 Å². The molecule has 1 fully saturated rings. The molecule has 10 heteroatoms. The number of pyridine rings is 1. The molecule has 1 atom stereocenters. The van der Waals surface area contributed by atoms with Crippen molar-refractivity contribution in [2.24, 2.45) is 0 Å². The predicted octanol–water partition coefficient (Wildman–Crippen LogP) is 3.97. The smallest absolute Gasteiger partial charge is 0.346 e. The van der Waals surface area contributed by atoms with Gasteiger partial charge in [0.05, 0.1) is 12.1 Å². The van der Waals surface area contributed by atoms with Crippen LogP contribution in [0.25, 0.3) is 0 Å². The average molecular weight is 434 g/mol. The number of rotatable bonds is 5. The summed E-state index contributed by atoms with van der Waals surface area (Å²) in [6, 6.07) is 5.33. The van der Waals surface area contributed by atoms with Crippen LogP contribution in [0.1, 0.15) is 54.7 Å². The largest absolute Gasteiger partial charge is 0.474 e. The van der Waals surface area contributed by atoms with Crippen LogP contribution in [-0.4, -0.2) is 25.4 Å². The number of aromatic nitrogens is 4. The van der Waals surface area contributed by atoms with Gasteiger partial charge in [-0.25, -0.2) is 32.0 Å². The molecule has 1 aliphatic carbocycles. The van der Waals surface area contributed by atoms with Gasteiger partial charge in [-0.1, -0.05) is 0 Å². The maximum atomic E-state index is 13.6. The van der Waals surface area contributed by atoms with Crippen LogP contribution < -0.4 is 10.4 Å². The lowest BCUT2D eigenvalue weighted by molar-refractivity contribution is 0.0583. The first-order valence-electron chi connectivity index (χ1n) is 9.95. The first-order chi connectivity index (χ1) is 14.9. The molecule has 1 saturated carbocycles. The maximum Gasteiger partial charge on any atom is 0.346 e. The highest BCUT2D eigenvalue weighted by Crippen LogP contribution is 2.36. The number of ether oxygens (including phenoxy) is 1. The summed E-state index contributed by atoms with van der Waals surface area (Å²) < 4.78 is 61.1. The molecule has 3 aromatic rings. The minimum Gasteiger partial charge on any atom is -0.474 e. The summed E-state index contributed by atoms with van der Waals surface area (Å²) in [6.45, 7) is 0. The number of hydrogen-bond donors (Lipinski definition) is 0. The first-order valence-corrected chi connectivity index (χ1v) is 9.95. The first kappa shape index (κ1) is 19.8. The van der Waals surface area contributed by atoms with Gasteiger partial charge in [0.15, 0.2) is 0 Å². The Labute approximate surface area is 174 Å². The molecule has 0 amide bonds. The molecule has 1 aliphatic heterocycles.